The van der Waals surface area contributed by atoms with Gasteiger partial charge in [0.25, 0.3) is 0 Å². The van der Waals surface area contributed by atoms with Crippen LogP contribution < -0.4 is 5.32 Å². The average Bonchev–Trinajstić information content (AvgIpc) is 2.89. The maximum absolute atomic E-state index is 11.6. The van der Waals surface area contributed by atoms with Gasteiger partial charge in [-0.3, -0.25) is 0 Å². The van der Waals surface area contributed by atoms with Crippen LogP contribution in [0.1, 0.15) is 25.7 Å². The number of hydrogen-bond donors (Lipinski definition) is 2. The Morgan fingerprint density at radius 1 is 1.26 bits per heavy atom. The Morgan fingerprint density at radius 2 is 2.00 bits per heavy atom. The quantitative estimate of drug-likeness (QED) is 0.883. The first-order valence-corrected chi connectivity index (χ1v) is 6.43. The van der Waals surface area contributed by atoms with Crippen molar-refractivity contribution < 1.29 is 9.90 Å². The zero-order valence-electron chi connectivity index (χ0n) is 10.5. The third-order valence-electron chi connectivity index (χ3n) is 3.79. The summed E-state index contributed by atoms with van der Waals surface area (Å²) in [6, 6.07) is 7.71. The van der Waals surface area contributed by atoms with Crippen LogP contribution in [0.4, 0.5) is 5.82 Å². The van der Waals surface area contributed by atoms with Crippen molar-refractivity contribution in [1.82, 2.24) is 10.2 Å². The van der Waals surface area contributed by atoms with Crippen molar-refractivity contribution in [2.24, 2.45) is 0 Å². The van der Waals surface area contributed by atoms with E-state index in [1.54, 1.807) is 6.20 Å². The second-order valence-electron chi connectivity index (χ2n) is 5.00. The highest BCUT2D eigenvalue weighted by molar-refractivity contribution is 5.93. The van der Waals surface area contributed by atoms with E-state index in [1.165, 1.54) is 0 Å². The van der Waals surface area contributed by atoms with Crippen molar-refractivity contribution in [2.45, 2.75) is 31.2 Å². The second kappa shape index (κ2) is 4.50. The Morgan fingerprint density at radius 3 is 2.74 bits per heavy atom. The Bertz CT molecular complexity index is 616. The Kier molecular flexibility index (Phi) is 2.81. The molecule has 5 nitrogen and oxygen atoms in total. The number of carboxylic acids is 1. The topological polar surface area (TPSA) is 75.1 Å². The Balaban J connectivity index is 2.03. The van der Waals surface area contributed by atoms with E-state index in [9.17, 15) is 9.90 Å². The SMILES string of the molecule is O=C(O)C1(Nc2nncc3ccccc23)CCCC1. The van der Waals surface area contributed by atoms with Gasteiger partial charge in [0.05, 0.1) is 6.20 Å². The number of benzene rings is 1. The van der Waals surface area contributed by atoms with Crippen molar-refractivity contribution in [2.75, 3.05) is 5.32 Å². The first-order chi connectivity index (χ1) is 9.21. The summed E-state index contributed by atoms with van der Waals surface area (Å²) in [6.45, 7) is 0. The number of carboxylic acid groups (broad SMARTS) is 1. The summed E-state index contributed by atoms with van der Waals surface area (Å²) in [5.41, 5.74) is -0.890. The van der Waals surface area contributed by atoms with Gasteiger partial charge in [0.2, 0.25) is 0 Å². The van der Waals surface area contributed by atoms with Crippen molar-refractivity contribution >= 4 is 22.6 Å². The van der Waals surface area contributed by atoms with E-state index in [0.717, 1.165) is 23.6 Å². The monoisotopic (exact) mass is 257 g/mol. The molecule has 0 atom stereocenters. The van der Waals surface area contributed by atoms with Crippen LogP contribution in [0.25, 0.3) is 10.8 Å². The first-order valence-electron chi connectivity index (χ1n) is 6.43. The van der Waals surface area contributed by atoms with Gasteiger partial charge in [-0.15, -0.1) is 5.10 Å². The maximum Gasteiger partial charge on any atom is 0.329 e. The Hall–Kier alpha value is -2.17. The molecule has 0 radical (unpaired) electrons. The molecule has 1 fully saturated rings. The predicted octanol–water partition coefficient (Wildman–Crippen LogP) is 2.44. The van der Waals surface area contributed by atoms with Crippen LogP contribution in [0.2, 0.25) is 0 Å². The fraction of sp³-hybridized carbons (Fsp3) is 0.357. The smallest absolute Gasteiger partial charge is 0.329 e. The molecule has 1 saturated carbocycles. The van der Waals surface area contributed by atoms with Crippen molar-refractivity contribution in [1.29, 1.82) is 0 Å². The number of nitrogens with one attached hydrogen (secondary N) is 1. The van der Waals surface area contributed by atoms with E-state index in [0.29, 0.717) is 18.7 Å². The molecule has 0 bridgehead atoms. The number of hydrogen-bond acceptors (Lipinski definition) is 4. The number of aromatic nitrogens is 2. The van der Waals surface area contributed by atoms with Gasteiger partial charge < -0.3 is 10.4 Å². The fourth-order valence-electron chi connectivity index (χ4n) is 2.72. The molecule has 5 heteroatoms. The molecular formula is C14H15N3O2. The van der Waals surface area contributed by atoms with Crippen LogP contribution in [-0.4, -0.2) is 26.8 Å². The molecule has 1 aromatic heterocycles. The zero-order chi connectivity index (χ0) is 13.3. The summed E-state index contributed by atoms with van der Waals surface area (Å²) in [5.74, 6) is -0.248. The maximum atomic E-state index is 11.6. The summed E-state index contributed by atoms with van der Waals surface area (Å²) in [4.78, 5) is 11.6. The lowest BCUT2D eigenvalue weighted by atomic mass is 9.97. The van der Waals surface area contributed by atoms with Crippen LogP contribution in [-0.2, 0) is 4.79 Å². The van der Waals surface area contributed by atoms with Gasteiger partial charge in [0, 0.05) is 10.8 Å². The number of nitrogens with zero attached hydrogens (tertiary/aromatic N) is 2. The van der Waals surface area contributed by atoms with Crippen LogP contribution in [0.5, 0.6) is 0 Å². The highest BCUT2D eigenvalue weighted by atomic mass is 16.4. The minimum absolute atomic E-state index is 0.558. The molecule has 0 spiro atoms. The lowest BCUT2D eigenvalue weighted by molar-refractivity contribution is -0.142. The summed E-state index contributed by atoms with van der Waals surface area (Å²) in [6.07, 6.45) is 4.80. The van der Waals surface area contributed by atoms with E-state index in [4.69, 9.17) is 0 Å². The molecule has 98 valence electrons. The predicted molar refractivity (Wildman–Crippen MR) is 72.0 cm³/mol. The molecule has 0 aliphatic heterocycles. The zero-order valence-corrected chi connectivity index (χ0v) is 10.5. The summed E-state index contributed by atoms with van der Waals surface area (Å²) >= 11 is 0. The van der Waals surface area contributed by atoms with Crippen molar-refractivity contribution in [3.05, 3.63) is 30.5 Å². The molecular weight excluding hydrogens is 242 g/mol. The van der Waals surface area contributed by atoms with Crippen LogP contribution in [0.15, 0.2) is 30.5 Å². The van der Waals surface area contributed by atoms with Crippen LogP contribution in [0.3, 0.4) is 0 Å². The standard InChI is InChI=1S/C14H15N3O2/c18-13(19)14(7-3-4-8-14)16-12-11-6-2-1-5-10(11)9-15-17-12/h1-2,5-6,9H,3-4,7-8H2,(H,16,17)(H,18,19). The molecule has 1 aliphatic rings. The number of anilines is 1. The average molecular weight is 257 g/mol. The number of aliphatic carboxylic acids is 1. The minimum Gasteiger partial charge on any atom is -0.480 e. The van der Waals surface area contributed by atoms with Gasteiger partial charge in [-0.05, 0) is 12.8 Å². The molecule has 3 rings (SSSR count). The molecule has 19 heavy (non-hydrogen) atoms. The first kappa shape index (κ1) is 11.9. The molecule has 1 heterocycles. The van der Waals surface area contributed by atoms with E-state index in [1.807, 2.05) is 24.3 Å². The largest absolute Gasteiger partial charge is 0.480 e. The van der Waals surface area contributed by atoms with Crippen LogP contribution >= 0.6 is 0 Å². The lowest BCUT2D eigenvalue weighted by Crippen LogP contribution is -2.44. The third-order valence-corrected chi connectivity index (χ3v) is 3.79. The lowest BCUT2D eigenvalue weighted by Gasteiger charge is -2.26. The second-order valence-corrected chi connectivity index (χ2v) is 5.00. The molecule has 1 aliphatic carbocycles. The van der Waals surface area contributed by atoms with Crippen molar-refractivity contribution in [3.8, 4) is 0 Å². The summed E-state index contributed by atoms with van der Waals surface area (Å²) < 4.78 is 0. The summed E-state index contributed by atoms with van der Waals surface area (Å²) in [7, 11) is 0. The molecule has 2 N–H and O–H groups in total. The van der Waals surface area contributed by atoms with E-state index < -0.39 is 11.5 Å². The molecule has 0 amide bonds. The van der Waals surface area contributed by atoms with Gasteiger partial charge in [-0.2, -0.15) is 5.10 Å². The highest BCUT2D eigenvalue weighted by Gasteiger charge is 2.41. The van der Waals surface area contributed by atoms with Gasteiger partial charge in [-0.25, -0.2) is 4.79 Å². The van der Waals surface area contributed by atoms with E-state index in [2.05, 4.69) is 15.5 Å². The number of fused-ring (bicyclic) bond motifs is 1. The normalized spacial score (nSPS) is 17.5. The molecule has 1 aromatic carbocycles. The number of carbonyl (C=O) groups is 1. The van der Waals surface area contributed by atoms with E-state index in [-0.39, 0.29) is 0 Å². The van der Waals surface area contributed by atoms with Crippen LogP contribution in [0, 0.1) is 0 Å². The van der Waals surface area contributed by atoms with Crippen molar-refractivity contribution in [3.63, 3.8) is 0 Å². The Labute approximate surface area is 110 Å². The summed E-state index contributed by atoms with van der Waals surface area (Å²) in [5, 5.41) is 22.5. The fourth-order valence-corrected chi connectivity index (χ4v) is 2.72. The van der Waals surface area contributed by atoms with Gasteiger partial charge >= 0.3 is 5.97 Å². The molecule has 0 unspecified atom stereocenters. The highest BCUT2D eigenvalue weighted by Crippen LogP contribution is 2.34. The molecule has 0 saturated heterocycles. The minimum atomic E-state index is -0.890. The number of rotatable bonds is 3. The third kappa shape index (κ3) is 2.01. The van der Waals surface area contributed by atoms with Gasteiger partial charge in [0.1, 0.15) is 5.54 Å². The van der Waals surface area contributed by atoms with E-state index >= 15 is 0 Å². The van der Waals surface area contributed by atoms with Gasteiger partial charge in [0.15, 0.2) is 5.82 Å². The van der Waals surface area contributed by atoms with Gasteiger partial charge in [-0.1, -0.05) is 37.1 Å². The molecule has 2 aromatic rings.